The quantitative estimate of drug-likeness (QED) is 0.381. The lowest BCUT2D eigenvalue weighted by molar-refractivity contribution is -0.131. The standard InChI is InChI=1S/C27H32O4/c1-7-11-30-27-22(17(4)5)13-20(16(2)3)14-23(27)21-10-8-9-19-15-24(31-26(19)21)18(6)12-25(28)29/h8-10,12-17H,7,11H2,1-6H3,(H,28,29). The average molecular weight is 421 g/mol. The summed E-state index contributed by atoms with van der Waals surface area (Å²) in [4.78, 5) is 11.1. The molecule has 0 fully saturated rings. The average Bonchev–Trinajstić information content (AvgIpc) is 3.15. The first-order chi connectivity index (χ1) is 14.7. The fourth-order valence-corrected chi connectivity index (χ4v) is 3.73. The Hall–Kier alpha value is -3.01. The first kappa shape index (κ1) is 22.7. The van der Waals surface area contributed by atoms with E-state index in [1.165, 1.54) is 17.2 Å². The molecule has 1 N–H and O–H groups in total. The van der Waals surface area contributed by atoms with Crippen molar-refractivity contribution in [2.75, 3.05) is 6.61 Å². The molecule has 0 aliphatic rings. The molecule has 0 spiro atoms. The third-order valence-corrected chi connectivity index (χ3v) is 5.44. The van der Waals surface area contributed by atoms with Gasteiger partial charge in [0.05, 0.1) is 6.61 Å². The molecule has 4 nitrogen and oxygen atoms in total. The van der Waals surface area contributed by atoms with Crippen LogP contribution in [0, 0.1) is 0 Å². The summed E-state index contributed by atoms with van der Waals surface area (Å²) >= 11 is 0. The Kier molecular flexibility index (Phi) is 6.89. The van der Waals surface area contributed by atoms with Gasteiger partial charge >= 0.3 is 5.97 Å². The molecule has 0 bridgehead atoms. The second-order valence-electron chi connectivity index (χ2n) is 8.64. The summed E-state index contributed by atoms with van der Waals surface area (Å²) in [7, 11) is 0. The molecule has 0 saturated carbocycles. The molecule has 1 aromatic heterocycles. The molecule has 0 saturated heterocycles. The zero-order valence-electron chi connectivity index (χ0n) is 19.3. The lowest BCUT2D eigenvalue weighted by atomic mass is 9.89. The largest absolute Gasteiger partial charge is 0.493 e. The van der Waals surface area contributed by atoms with Crippen LogP contribution in [0.4, 0.5) is 0 Å². The molecule has 3 rings (SSSR count). The SMILES string of the molecule is CCCOc1c(-c2cccc3cc(C(C)=CC(=O)O)oc23)cc(C(C)C)cc1C(C)C. The first-order valence-electron chi connectivity index (χ1n) is 11.0. The Morgan fingerprint density at radius 3 is 2.45 bits per heavy atom. The Balaban J connectivity index is 2.30. The van der Waals surface area contributed by atoms with Crippen molar-refractivity contribution in [3.05, 3.63) is 59.4 Å². The van der Waals surface area contributed by atoms with Gasteiger partial charge in [-0.3, -0.25) is 0 Å². The number of carbonyl (C=O) groups is 1. The summed E-state index contributed by atoms with van der Waals surface area (Å²) in [5.41, 5.74) is 5.76. The van der Waals surface area contributed by atoms with Gasteiger partial charge in [0.15, 0.2) is 0 Å². The Morgan fingerprint density at radius 2 is 1.84 bits per heavy atom. The van der Waals surface area contributed by atoms with Gasteiger partial charge in [-0.1, -0.05) is 58.9 Å². The summed E-state index contributed by atoms with van der Waals surface area (Å²) in [6.45, 7) is 13.3. The third kappa shape index (κ3) is 4.84. The van der Waals surface area contributed by atoms with Crippen LogP contribution in [0.5, 0.6) is 5.75 Å². The highest BCUT2D eigenvalue weighted by Crippen LogP contribution is 2.43. The van der Waals surface area contributed by atoms with Gasteiger partial charge in [-0.25, -0.2) is 4.79 Å². The predicted octanol–water partition coefficient (Wildman–Crippen LogP) is 7.62. The smallest absolute Gasteiger partial charge is 0.328 e. The van der Waals surface area contributed by atoms with Crippen LogP contribution in [0.25, 0.3) is 27.7 Å². The summed E-state index contributed by atoms with van der Waals surface area (Å²) in [5.74, 6) is 1.18. The number of allylic oxidation sites excluding steroid dienone is 1. The number of rotatable bonds is 8. The molecular weight excluding hydrogens is 388 g/mol. The van der Waals surface area contributed by atoms with Crippen LogP contribution in [0.15, 0.2) is 46.9 Å². The van der Waals surface area contributed by atoms with Crippen LogP contribution in [0.3, 0.4) is 0 Å². The van der Waals surface area contributed by atoms with E-state index in [1.54, 1.807) is 6.92 Å². The topological polar surface area (TPSA) is 59.7 Å². The lowest BCUT2D eigenvalue weighted by Gasteiger charge is -2.21. The van der Waals surface area contributed by atoms with Crippen molar-refractivity contribution in [1.82, 2.24) is 0 Å². The van der Waals surface area contributed by atoms with Gasteiger partial charge in [0.1, 0.15) is 17.1 Å². The second kappa shape index (κ2) is 9.42. The molecule has 0 aliphatic heterocycles. The van der Waals surface area contributed by atoms with E-state index in [0.29, 0.717) is 29.8 Å². The molecule has 0 atom stereocenters. The number of aliphatic carboxylic acids is 1. The summed E-state index contributed by atoms with van der Waals surface area (Å²) in [6, 6.07) is 12.4. The molecule has 4 heteroatoms. The minimum Gasteiger partial charge on any atom is -0.493 e. The minimum absolute atomic E-state index is 0.316. The lowest BCUT2D eigenvalue weighted by Crippen LogP contribution is -2.04. The fourth-order valence-electron chi connectivity index (χ4n) is 3.73. The molecule has 0 amide bonds. The Labute approximate surface area is 184 Å². The van der Waals surface area contributed by atoms with Crippen LogP contribution < -0.4 is 4.74 Å². The molecule has 2 aromatic carbocycles. The van der Waals surface area contributed by atoms with Gasteiger partial charge in [0.25, 0.3) is 0 Å². The van der Waals surface area contributed by atoms with Gasteiger partial charge in [-0.05, 0) is 54.0 Å². The molecule has 164 valence electrons. The van der Waals surface area contributed by atoms with Crippen LogP contribution >= 0.6 is 0 Å². The summed E-state index contributed by atoms with van der Waals surface area (Å²) < 4.78 is 12.5. The monoisotopic (exact) mass is 420 g/mol. The number of benzene rings is 2. The van der Waals surface area contributed by atoms with E-state index in [1.807, 2.05) is 24.3 Å². The highest BCUT2D eigenvalue weighted by Gasteiger charge is 2.21. The van der Waals surface area contributed by atoms with Crippen molar-refractivity contribution < 1.29 is 19.1 Å². The van der Waals surface area contributed by atoms with E-state index in [0.717, 1.165) is 34.3 Å². The zero-order chi connectivity index (χ0) is 22.7. The maximum absolute atomic E-state index is 11.1. The normalized spacial score (nSPS) is 12.2. The number of para-hydroxylation sites is 1. The molecular formula is C27H32O4. The van der Waals surface area contributed by atoms with E-state index in [4.69, 9.17) is 14.3 Å². The second-order valence-corrected chi connectivity index (χ2v) is 8.64. The zero-order valence-corrected chi connectivity index (χ0v) is 19.3. The number of hydrogen-bond acceptors (Lipinski definition) is 3. The van der Waals surface area contributed by atoms with Crippen molar-refractivity contribution in [3.8, 4) is 16.9 Å². The summed E-state index contributed by atoms with van der Waals surface area (Å²) in [5, 5.41) is 10.0. The van der Waals surface area contributed by atoms with Crippen LogP contribution in [-0.2, 0) is 4.79 Å². The highest BCUT2D eigenvalue weighted by molar-refractivity contribution is 5.97. The molecule has 3 aromatic rings. The van der Waals surface area contributed by atoms with E-state index < -0.39 is 5.97 Å². The maximum atomic E-state index is 11.1. The minimum atomic E-state index is -0.986. The van der Waals surface area contributed by atoms with Gasteiger partial charge in [-0.2, -0.15) is 0 Å². The number of furan rings is 1. The number of fused-ring (bicyclic) bond motifs is 1. The Morgan fingerprint density at radius 1 is 1.10 bits per heavy atom. The van der Waals surface area contributed by atoms with Crippen molar-refractivity contribution in [2.24, 2.45) is 0 Å². The van der Waals surface area contributed by atoms with Crippen LogP contribution in [-0.4, -0.2) is 17.7 Å². The third-order valence-electron chi connectivity index (χ3n) is 5.44. The van der Waals surface area contributed by atoms with E-state index >= 15 is 0 Å². The molecule has 0 unspecified atom stereocenters. The Bertz CT molecular complexity index is 1120. The van der Waals surface area contributed by atoms with E-state index in [-0.39, 0.29) is 0 Å². The van der Waals surface area contributed by atoms with Gasteiger partial charge < -0.3 is 14.3 Å². The fraction of sp³-hybridized carbons (Fsp3) is 0.370. The van der Waals surface area contributed by atoms with E-state index in [9.17, 15) is 4.79 Å². The maximum Gasteiger partial charge on any atom is 0.328 e. The van der Waals surface area contributed by atoms with Crippen LogP contribution in [0.1, 0.15) is 76.7 Å². The first-order valence-corrected chi connectivity index (χ1v) is 11.0. The molecule has 1 heterocycles. The number of hydrogen-bond donors (Lipinski definition) is 1. The molecule has 0 aliphatic carbocycles. The number of carboxylic acid groups (broad SMARTS) is 1. The molecule has 0 radical (unpaired) electrons. The van der Waals surface area contributed by atoms with Crippen molar-refractivity contribution in [2.45, 2.75) is 59.8 Å². The van der Waals surface area contributed by atoms with Crippen molar-refractivity contribution in [1.29, 1.82) is 0 Å². The summed E-state index contributed by atoms with van der Waals surface area (Å²) in [6.07, 6.45) is 2.10. The molecule has 31 heavy (non-hydrogen) atoms. The van der Waals surface area contributed by atoms with Gasteiger partial charge in [0, 0.05) is 22.6 Å². The predicted molar refractivity (Wildman–Crippen MR) is 127 cm³/mol. The van der Waals surface area contributed by atoms with E-state index in [2.05, 4.69) is 46.8 Å². The number of carboxylic acids is 1. The van der Waals surface area contributed by atoms with Crippen molar-refractivity contribution in [3.63, 3.8) is 0 Å². The number of ether oxygens (including phenoxy) is 1. The van der Waals surface area contributed by atoms with Gasteiger partial charge in [-0.15, -0.1) is 0 Å². The van der Waals surface area contributed by atoms with Crippen molar-refractivity contribution >= 4 is 22.5 Å². The van der Waals surface area contributed by atoms with Crippen LogP contribution in [0.2, 0.25) is 0 Å². The van der Waals surface area contributed by atoms with Gasteiger partial charge in [0.2, 0.25) is 0 Å². The highest BCUT2D eigenvalue weighted by atomic mass is 16.5.